The van der Waals surface area contributed by atoms with Crippen LogP contribution in [0.2, 0.25) is 0 Å². The van der Waals surface area contributed by atoms with E-state index in [1.807, 2.05) is 0 Å². The van der Waals surface area contributed by atoms with E-state index in [0.29, 0.717) is 0 Å². The largest absolute Gasteiger partial charge is 0.376 e. The fraction of sp³-hybridized carbons (Fsp3) is 1.00. The van der Waals surface area contributed by atoms with Crippen molar-refractivity contribution in [2.24, 2.45) is 0 Å². The number of unbranched alkanes of at least 4 members (excludes halogenated alkanes) is 1. The van der Waals surface area contributed by atoms with Gasteiger partial charge in [0, 0.05) is 6.61 Å². The Morgan fingerprint density at radius 1 is 1.20 bits per heavy atom. The van der Waals surface area contributed by atoms with E-state index >= 15 is 0 Å². The molecule has 10 heavy (non-hydrogen) atoms. The van der Waals surface area contributed by atoms with Gasteiger partial charge in [-0.15, -0.1) is 0 Å². The number of hydrogen-bond donors (Lipinski definition) is 1. The van der Waals surface area contributed by atoms with Crippen molar-refractivity contribution in [3.05, 3.63) is 0 Å². The van der Waals surface area contributed by atoms with Gasteiger partial charge in [-0.2, -0.15) is 12.6 Å². The number of ether oxygens (including phenoxy) is 1. The first-order chi connectivity index (χ1) is 4.56. The zero-order valence-electron chi connectivity index (χ0n) is 7.18. The van der Waals surface area contributed by atoms with Crippen LogP contribution in [0.1, 0.15) is 33.6 Å². The summed E-state index contributed by atoms with van der Waals surface area (Å²) in [5.41, 5.74) is 0.0244. The summed E-state index contributed by atoms with van der Waals surface area (Å²) in [5, 5.41) is 0. The normalized spacial score (nSPS) is 12.0. The summed E-state index contributed by atoms with van der Waals surface area (Å²) < 4.78 is 5.50. The molecule has 0 rings (SSSR count). The number of hydrogen-bond acceptors (Lipinski definition) is 2. The van der Waals surface area contributed by atoms with Gasteiger partial charge in [0.1, 0.15) is 0 Å². The van der Waals surface area contributed by atoms with Gasteiger partial charge in [0.2, 0.25) is 0 Å². The topological polar surface area (TPSA) is 9.23 Å². The van der Waals surface area contributed by atoms with Gasteiger partial charge >= 0.3 is 0 Å². The average Bonchev–Trinajstić information content (AvgIpc) is 1.78. The lowest BCUT2D eigenvalue weighted by Gasteiger charge is -2.19. The van der Waals surface area contributed by atoms with Crippen molar-refractivity contribution in [1.82, 2.24) is 0 Å². The molecule has 0 amide bonds. The Bertz CT molecular complexity index is 75.8. The van der Waals surface area contributed by atoms with E-state index < -0.39 is 0 Å². The Hall–Kier alpha value is 0.310. The minimum atomic E-state index is 0.0244. The molecule has 0 heterocycles. The van der Waals surface area contributed by atoms with Gasteiger partial charge in [-0.3, -0.25) is 0 Å². The summed E-state index contributed by atoms with van der Waals surface area (Å²) >= 11 is 4.11. The van der Waals surface area contributed by atoms with Crippen molar-refractivity contribution < 1.29 is 4.74 Å². The quantitative estimate of drug-likeness (QED) is 0.493. The van der Waals surface area contributed by atoms with Crippen molar-refractivity contribution in [3.63, 3.8) is 0 Å². The van der Waals surface area contributed by atoms with E-state index in [-0.39, 0.29) is 5.60 Å². The predicted octanol–water partition coefficient (Wildman–Crippen LogP) is 2.51. The maximum absolute atomic E-state index is 5.50. The third-order valence-corrected chi connectivity index (χ3v) is 1.40. The van der Waals surface area contributed by atoms with E-state index in [1.165, 1.54) is 0 Å². The summed E-state index contributed by atoms with van der Waals surface area (Å²) in [4.78, 5) is 0. The molecule has 0 saturated carbocycles. The number of rotatable bonds is 4. The lowest BCUT2D eigenvalue weighted by Crippen LogP contribution is -2.19. The molecule has 0 spiro atoms. The molecule has 0 fully saturated rings. The summed E-state index contributed by atoms with van der Waals surface area (Å²) in [6, 6.07) is 0. The van der Waals surface area contributed by atoms with Crippen LogP contribution < -0.4 is 0 Å². The van der Waals surface area contributed by atoms with Crippen LogP contribution in [0.3, 0.4) is 0 Å². The first-order valence-corrected chi connectivity index (χ1v) is 4.44. The van der Waals surface area contributed by atoms with Gasteiger partial charge in [0.25, 0.3) is 0 Å². The van der Waals surface area contributed by atoms with E-state index in [4.69, 9.17) is 4.74 Å². The smallest absolute Gasteiger partial charge is 0.0598 e. The monoisotopic (exact) mass is 162 g/mol. The van der Waals surface area contributed by atoms with Crippen LogP contribution in [0.15, 0.2) is 0 Å². The van der Waals surface area contributed by atoms with Crippen LogP contribution in [-0.4, -0.2) is 18.0 Å². The fourth-order valence-electron chi connectivity index (χ4n) is 0.592. The SMILES string of the molecule is CC(C)(C)OCCCCS. The molecule has 0 bridgehead atoms. The maximum atomic E-state index is 5.50. The van der Waals surface area contributed by atoms with Crippen LogP contribution in [0.25, 0.3) is 0 Å². The highest BCUT2D eigenvalue weighted by Gasteiger charge is 2.08. The highest BCUT2D eigenvalue weighted by atomic mass is 32.1. The molecule has 0 radical (unpaired) electrons. The third kappa shape index (κ3) is 8.31. The van der Waals surface area contributed by atoms with Gasteiger partial charge in [-0.1, -0.05) is 0 Å². The second-order valence-corrected chi connectivity index (χ2v) is 3.84. The molecule has 0 saturated heterocycles. The Balaban J connectivity index is 3.04. The summed E-state index contributed by atoms with van der Waals surface area (Å²) in [6.45, 7) is 7.10. The van der Waals surface area contributed by atoms with Crippen molar-refractivity contribution in [1.29, 1.82) is 0 Å². The molecule has 0 N–H and O–H groups in total. The van der Waals surface area contributed by atoms with Gasteiger partial charge in [-0.05, 0) is 39.4 Å². The first-order valence-electron chi connectivity index (χ1n) is 3.81. The lowest BCUT2D eigenvalue weighted by atomic mass is 10.2. The molecule has 1 nitrogen and oxygen atoms in total. The molecule has 0 aromatic carbocycles. The Morgan fingerprint density at radius 2 is 1.80 bits per heavy atom. The van der Waals surface area contributed by atoms with Crippen molar-refractivity contribution in [2.45, 2.75) is 39.2 Å². The molecule has 0 aromatic rings. The van der Waals surface area contributed by atoms with Crippen LogP contribution in [0, 0.1) is 0 Å². The van der Waals surface area contributed by atoms with E-state index in [0.717, 1.165) is 25.2 Å². The standard InChI is InChI=1S/C8H18OS/c1-8(2,3)9-6-4-5-7-10/h10H,4-7H2,1-3H3. The lowest BCUT2D eigenvalue weighted by molar-refractivity contribution is -0.00405. The van der Waals surface area contributed by atoms with Crippen molar-refractivity contribution >= 4 is 12.6 Å². The molecular weight excluding hydrogens is 144 g/mol. The van der Waals surface area contributed by atoms with Gasteiger partial charge in [0.15, 0.2) is 0 Å². The predicted molar refractivity (Wildman–Crippen MR) is 48.8 cm³/mol. The molecule has 0 aliphatic rings. The van der Waals surface area contributed by atoms with Crippen LogP contribution >= 0.6 is 12.6 Å². The van der Waals surface area contributed by atoms with Crippen LogP contribution in [0.5, 0.6) is 0 Å². The van der Waals surface area contributed by atoms with Gasteiger partial charge < -0.3 is 4.74 Å². The van der Waals surface area contributed by atoms with Crippen LogP contribution in [0.4, 0.5) is 0 Å². The highest BCUT2D eigenvalue weighted by molar-refractivity contribution is 7.80. The Labute approximate surface area is 69.6 Å². The maximum Gasteiger partial charge on any atom is 0.0598 e. The van der Waals surface area contributed by atoms with Crippen molar-refractivity contribution in [3.8, 4) is 0 Å². The third-order valence-electron chi connectivity index (χ3n) is 1.09. The van der Waals surface area contributed by atoms with E-state index in [2.05, 4.69) is 33.4 Å². The number of thiol groups is 1. The zero-order valence-corrected chi connectivity index (χ0v) is 8.08. The minimum Gasteiger partial charge on any atom is -0.376 e. The van der Waals surface area contributed by atoms with Crippen LogP contribution in [-0.2, 0) is 4.74 Å². The molecule has 0 aliphatic heterocycles. The molecule has 0 aromatic heterocycles. The summed E-state index contributed by atoms with van der Waals surface area (Å²) in [7, 11) is 0. The fourth-order valence-corrected chi connectivity index (χ4v) is 0.816. The Morgan fingerprint density at radius 3 is 2.20 bits per heavy atom. The van der Waals surface area contributed by atoms with Gasteiger partial charge in [-0.25, -0.2) is 0 Å². The molecule has 62 valence electrons. The van der Waals surface area contributed by atoms with Gasteiger partial charge in [0.05, 0.1) is 5.60 Å². The van der Waals surface area contributed by atoms with E-state index in [9.17, 15) is 0 Å². The first kappa shape index (κ1) is 10.3. The highest BCUT2D eigenvalue weighted by Crippen LogP contribution is 2.07. The average molecular weight is 162 g/mol. The zero-order chi connectivity index (χ0) is 8.04. The molecule has 0 unspecified atom stereocenters. The van der Waals surface area contributed by atoms with E-state index in [1.54, 1.807) is 0 Å². The molecular formula is C8H18OS. The summed E-state index contributed by atoms with van der Waals surface area (Å²) in [5.74, 6) is 0.966. The minimum absolute atomic E-state index is 0.0244. The molecule has 0 atom stereocenters. The second-order valence-electron chi connectivity index (χ2n) is 3.39. The van der Waals surface area contributed by atoms with Crippen molar-refractivity contribution in [2.75, 3.05) is 12.4 Å². The Kier molecular flexibility index (Phi) is 5.18. The second kappa shape index (κ2) is 5.03. The summed E-state index contributed by atoms with van der Waals surface area (Å²) in [6.07, 6.45) is 2.28. The molecule has 0 aliphatic carbocycles. The molecule has 2 heteroatoms.